The minimum Gasteiger partial charge on any atom is -0.278 e. The lowest BCUT2D eigenvalue weighted by atomic mass is 10.2. The molecule has 136 valence electrons. The third kappa shape index (κ3) is 3.34. The van der Waals surface area contributed by atoms with Crippen LogP contribution in [0, 0.1) is 6.92 Å². The first-order valence-electron chi connectivity index (χ1n) is 8.44. The molecule has 0 N–H and O–H groups in total. The van der Waals surface area contributed by atoms with Crippen molar-refractivity contribution in [3.63, 3.8) is 0 Å². The van der Waals surface area contributed by atoms with Gasteiger partial charge >= 0.3 is 0 Å². The summed E-state index contributed by atoms with van der Waals surface area (Å²) in [5, 5.41) is 5.41. The zero-order valence-electron chi connectivity index (χ0n) is 14.9. The Kier molecular flexibility index (Phi) is 4.68. The summed E-state index contributed by atoms with van der Waals surface area (Å²) in [4.78, 5) is 19.8. The van der Waals surface area contributed by atoms with Crippen molar-refractivity contribution in [1.29, 1.82) is 0 Å². The average Bonchev–Trinajstić information content (AvgIpc) is 3.24. The second-order valence-corrected chi connectivity index (χ2v) is 7.68. The fourth-order valence-corrected chi connectivity index (χ4v) is 4.26. The van der Waals surface area contributed by atoms with Crippen molar-refractivity contribution >= 4 is 44.2 Å². The number of rotatable bonds is 4. The van der Waals surface area contributed by atoms with Gasteiger partial charge in [0, 0.05) is 7.05 Å². The first-order valence-corrected chi connectivity index (χ1v) is 9.63. The molecule has 0 bridgehead atoms. The predicted molar refractivity (Wildman–Crippen MR) is 110 cm³/mol. The number of nitrogens with zero attached hydrogens (tertiary/aromatic N) is 4. The van der Waals surface area contributed by atoms with Gasteiger partial charge in [0.1, 0.15) is 11.2 Å². The van der Waals surface area contributed by atoms with Gasteiger partial charge in [-0.1, -0.05) is 59.3 Å². The second-order valence-electron chi connectivity index (χ2n) is 6.26. The zero-order chi connectivity index (χ0) is 19.0. The Bertz CT molecular complexity index is 1100. The molecule has 0 aliphatic heterocycles. The van der Waals surface area contributed by atoms with Gasteiger partial charge in [-0.3, -0.25) is 14.4 Å². The molecule has 4 rings (SSSR count). The number of anilines is 1. The third-order valence-corrected chi connectivity index (χ3v) is 5.69. The highest BCUT2D eigenvalue weighted by Gasteiger charge is 2.26. The van der Waals surface area contributed by atoms with Crippen LogP contribution in [0.15, 0.2) is 54.7 Å². The Morgan fingerprint density at radius 3 is 2.63 bits per heavy atom. The molecule has 5 nitrogen and oxygen atoms in total. The maximum atomic E-state index is 13.4. The summed E-state index contributed by atoms with van der Waals surface area (Å²) in [5.74, 6) is -0.133. The van der Waals surface area contributed by atoms with Crippen molar-refractivity contribution < 1.29 is 4.79 Å². The lowest BCUT2D eigenvalue weighted by molar-refractivity contribution is 0.0975. The SMILES string of the molecule is Cc1cnn(C)c1C(=O)N(Cc1ccccc1)c1nc2c(Cl)cccc2s1. The number of carbonyl (C=O) groups is 1. The highest BCUT2D eigenvalue weighted by molar-refractivity contribution is 7.22. The van der Waals surface area contributed by atoms with Crippen LogP contribution in [0.5, 0.6) is 0 Å². The summed E-state index contributed by atoms with van der Waals surface area (Å²) < 4.78 is 2.56. The number of aromatic nitrogens is 3. The molecule has 1 amide bonds. The van der Waals surface area contributed by atoms with Gasteiger partial charge in [-0.05, 0) is 30.2 Å². The maximum absolute atomic E-state index is 13.4. The van der Waals surface area contributed by atoms with Crippen LogP contribution in [0.4, 0.5) is 5.13 Å². The number of hydrogen-bond acceptors (Lipinski definition) is 4. The number of amides is 1. The molecule has 27 heavy (non-hydrogen) atoms. The summed E-state index contributed by atoms with van der Waals surface area (Å²) in [5.41, 5.74) is 3.12. The molecule has 0 aliphatic carbocycles. The molecule has 0 spiro atoms. The van der Waals surface area contributed by atoms with Crippen molar-refractivity contribution in [3.8, 4) is 0 Å². The molecule has 0 saturated carbocycles. The van der Waals surface area contributed by atoms with Gasteiger partial charge in [0.05, 0.1) is 22.5 Å². The Labute approximate surface area is 165 Å². The molecular weight excluding hydrogens is 380 g/mol. The van der Waals surface area contributed by atoms with E-state index >= 15 is 0 Å². The van der Waals surface area contributed by atoms with E-state index in [1.807, 2.05) is 55.5 Å². The standard InChI is InChI=1S/C20H17ClN4OS/c1-13-11-22-24(2)18(13)19(26)25(12-14-7-4-3-5-8-14)20-23-17-15(21)9-6-10-16(17)27-20/h3-11H,12H2,1-2H3. The molecule has 0 radical (unpaired) electrons. The van der Waals surface area contributed by atoms with Crippen LogP contribution in [0.3, 0.4) is 0 Å². The van der Waals surface area contributed by atoms with Crippen molar-refractivity contribution in [2.24, 2.45) is 7.05 Å². The number of para-hydroxylation sites is 1. The smallest absolute Gasteiger partial charge is 0.278 e. The third-order valence-electron chi connectivity index (χ3n) is 4.34. The molecule has 2 aromatic carbocycles. The first-order chi connectivity index (χ1) is 13.0. The molecule has 0 unspecified atom stereocenters. The van der Waals surface area contributed by atoms with E-state index in [2.05, 4.69) is 10.1 Å². The summed E-state index contributed by atoms with van der Waals surface area (Å²) >= 11 is 7.75. The number of halogens is 1. The first kappa shape index (κ1) is 17.7. The van der Waals surface area contributed by atoms with Gasteiger partial charge in [-0.25, -0.2) is 4.98 Å². The topological polar surface area (TPSA) is 51.0 Å². The van der Waals surface area contributed by atoms with Crippen LogP contribution in [0.25, 0.3) is 10.2 Å². The lowest BCUT2D eigenvalue weighted by Gasteiger charge is -2.20. The fraction of sp³-hybridized carbons (Fsp3) is 0.150. The number of hydrogen-bond donors (Lipinski definition) is 0. The highest BCUT2D eigenvalue weighted by atomic mass is 35.5. The van der Waals surface area contributed by atoms with E-state index in [4.69, 9.17) is 11.6 Å². The molecule has 7 heteroatoms. The minimum atomic E-state index is -0.133. The van der Waals surface area contributed by atoms with E-state index in [0.29, 0.717) is 27.9 Å². The number of carbonyl (C=O) groups excluding carboxylic acids is 1. The van der Waals surface area contributed by atoms with Crippen LogP contribution in [-0.4, -0.2) is 20.7 Å². The van der Waals surface area contributed by atoms with Crippen LogP contribution in [0.2, 0.25) is 5.02 Å². The fourth-order valence-electron chi connectivity index (χ4n) is 2.99. The molecule has 4 aromatic rings. The zero-order valence-corrected chi connectivity index (χ0v) is 16.5. The van der Waals surface area contributed by atoms with E-state index in [9.17, 15) is 4.79 Å². The van der Waals surface area contributed by atoms with E-state index < -0.39 is 0 Å². The molecule has 0 saturated heterocycles. The highest BCUT2D eigenvalue weighted by Crippen LogP contribution is 2.34. The Morgan fingerprint density at radius 1 is 1.19 bits per heavy atom. The largest absolute Gasteiger partial charge is 0.278 e. The summed E-state index contributed by atoms with van der Waals surface area (Å²) in [7, 11) is 1.77. The van der Waals surface area contributed by atoms with Gasteiger partial charge in [-0.15, -0.1) is 0 Å². The van der Waals surface area contributed by atoms with Crippen molar-refractivity contribution in [2.75, 3.05) is 4.90 Å². The second kappa shape index (κ2) is 7.13. The number of thiazole rings is 1. The van der Waals surface area contributed by atoms with E-state index in [1.165, 1.54) is 11.3 Å². The molecular formula is C20H17ClN4OS. The van der Waals surface area contributed by atoms with Crippen LogP contribution in [0.1, 0.15) is 21.6 Å². The predicted octanol–water partition coefficient (Wildman–Crippen LogP) is 4.84. The van der Waals surface area contributed by atoms with Gasteiger partial charge in [0.2, 0.25) is 0 Å². The van der Waals surface area contributed by atoms with Gasteiger partial charge in [0.15, 0.2) is 5.13 Å². The number of benzene rings is 2. The average molecular weight is 397 g/mol. The molecule has 2 heterocycles. The van der Waals surface area contributed by atoms with E-state index in [-0.39, 0.29) is 5.91 Å². The Hall–Kier alpha value is -2.70. The van der Waals surface area contributed by atoms with Crippen molar-refractivity contribution in [3.05, 3.63) is 76.6 Å². The molecule has 2 aromatic heterocycles. The summed E-state index contributed by atoms with van der Waals surface area (Å²) in [6, 6.07) is 15.5. The van der Waals surface area contributed by atoms with Crippen molar-refractivity contribution in [1.82, 2.24) is 14.8 Å². The van der Waals surface area contributed by atoms with Gasteiger partial charge in [-0.2, -0.15) is 5.10 Å². The van der Waals surface area contributed by atoms with Gasteiger partial charge in [0.25, 0.3) is 5.91 Å². The summed E-state index contributed by atoms with van der Waals surface area (Å²) in [6.07, 6.45) is 1.70. The summed E-state index contributed by atoms with van der Waals surface area (Å²) in [6.45, 7) is 2.30. The Morgan fingerprint density at radius 2 is 1.96 bits per heavy atom. The van der Waals surface area contributed by atoms with Crippen LogP contribution in [-0.2, 0) is 13.6 Å². The quantitative estimate of drug-likeness (QED) is 0.496. The normalized spacial score (nSPS) is 11.1. The van der Waals surface area contributed by atoms with Crippen molar-refractivity contribution in [2.45, 2.75) is 13.5 Å². The Balaban J connectivity index is 1.82. The lowest BCUT2D eigenvalue weighted by Crippen LogP contribution is -2.32. The molecule has 0 aliphatic rings. The number of aryl methyl sites for hydroxylation is 2. The van der Waals surface area contributed by atoms with E-state index in [1.54, 1.807) is 22.8 Å². The number of fused-ring (bicyclic) bond motifs is 1. The van der Waals surface area contributed by atoms with Crippen LogP contribution >= 0.6 is 22.9 Å². The maximum Gasteiger partial charge on any atom is 0.278 e. The van der Waals surface area contributed by atoms with Crippen LogP contribution < -0.4 is 4.90 Å². The monoisotopic (exact) mass is 396 g/mol. The molecule has 0 fully saturated rings. The van der Waals surface area contributed by atoms with E-state index in [0.717, 1.165) is 15.8 Å². The van der Waals surface area contributed by atoms with Gasteiger partial charge < -0.3 is 0 Å². The minimum absolute atomic E-state index is 0.133. The molecule has 0 atom stereocenters.